The molecule has 0 bridgehead atoms. The number of hydrogen-bond acceptors (Lipinski definition) is 1. The van der Waals surface area contributed by atoms with Crippen molar-refractivity contribution in [2.45, 2.75) is 0 Å². The third kappa shape index (κ3) is 1.52. The summed E-state index contributed by atoms with van der Waals surface area (Å²) in [5.74, 6) is 0. The lowest BCUT2D eigenvalue weighted by Crippen LogP contribution is -1.91. The molecule has 3 heteroatoms. The second-order valence-electron chi connectivity index (χ2n) is 5.47. The van der Waals surface area contributed by atoms with E-state index < -0.39 is 0 Å². The molecule has 0 amide bonds. The van der Waals surface area contributed by atoms with Gasteiger partial charge in [-0.25, -0.2) is 4.98 Å². The van der Waals surface area contributed by atoms with E-state index in [9.17, 15) is 0 Å². The minimum absolute atomic E-state index is 1.02. The Kier molecular flexibility index (Phi) is 2.38. The predicted octanol–water partition coefficient (Wildman–Crippen LogP) is 5.56. The van der Waals surface area contributed by atoms with Gasteiger partial charge in [0.25, 0.3) is 0 Å². The Balaban J connectivity index is 2.23. The molecule has 5 rings (SSSR count). The first kappa shape index (κ1) is 12.2. The number of aromatic nitrogens is 2. The van der Waals surface area contributed by atoms with E-state index in [1.165, 1.54) is 21.7 Å². The van der Waals surface area contributed by atoms with Crippen molar-refractivity contribution in [3.63, 3.8) is 0 Å². The highest BCUT2D eigenvalue weighted by Gasteiger charge is 2.12. The standard InChI is InChI=1S/C19H11BrN2/c20-12-9-10-14-13-5-1-2-6-15(13)19-21-16-7-3-4-8-17(16)22(19)18(14)11-12/h1-11H. The molecular formula is C19H11BrN2. The SMILES string of the molecule is Brc1ccc2c3ccccc3c3nc4ccccc4n3c2c1. The normalized spacial score (nSPS) is 11.9. The number of hydrogen-bond donors (Lipinski definition) is 0. The van der Waals surface area contributed by atoms with Crippen molar-refractivity contribution in [2.24, 2.45) is 0 Å². The summed E-state index contributed by atoms with van der Waals surface area (Å²) in [6, 6.07) is 23.2. The van der Waals surface area contributed by atoms with Gasteiger partial charge in [0.2, 0.25) is 0 Å². The minimum Gasteiger partial charge on any atom is -0.292 e. The van der Waals surface area contributed by atoms with Crippen molar-refractivity contribution >= 4 is 54.3 Å². The summed E-state index contributed by atoms with van der Waals surface area (Å²) in [5.41, 5.74) is 4.37. The molecule has 0 aliphatic carbocycles. The summed E-state index contributed by atoms with van der Waals surface area (Å²) in [6.07, 6.45) is 0. The first-order chi connectivity index (χ1) is 10.8. The van der Waals surface area contributed by atoms with E-state index in [2.05, 4.69) is 81.0 Å². The summed E-state index contributed by atoms with van der Waals surface area (Å²) < 4.78 is 3.34. The van der Waals surface area contributed by atoms with Crippen molar-refractivity contribution in [1.82, 2.24) is 9.38 Å². The van der Waals surface area contributed by atoms with Crippen LogP contribution in [0.5, 0.6) is 0 Å². The number of rotatable bonds is 0. The van der Waals surface area contributed by atoms with Crippen molar-refractivity contribution in [2.75, 3.05) is 0 Å². The molecule has 0 unspecified atom stereocenters. The first-order valence-electron chi connectivity index (χ1n) is 7.20. The van der Waals surface area contributed by atoms with Crippen LogP contribution in [0.3, 0.4) is 0 Å². The molecule has 2 heterocycles. The second kappa shape index (κ2) is 4.31. The summed E-state index contributed by atoms with van der Waals surface area (Å²) in [5, 5.41) is 3.68. The van der Waals surface area contributed by atoms with Crippen LogP contribution in [0.4, 0.5) is 0 Å². The smallest absolute Gasteiger partial charge is 0.146 e. The number of halogens is 1. The van der Waals surface area contributed by atoms with Crippen LogP contribution in [-0.2, 0) is 0 Å². The van der Waals surface area contributed by atoms with Crippen LogP contribution in [0.25, 0.3) is 38.4 Å². The van der Waals surface area contributed by atoms with Gasteiger partial charge in [-0.1, -0.05) is 58.4 Å². The van der Waals surface area contributed by atoms with Crippen LogP contribution < -0.4 is 0 Å². The fourth-order valence-electron chi connectivity index (χ4n) is 3.28. The molecule has 2 nitrogen and oxygen atoms in total. The number of pyridine rings is 1. The van der Waals surface area contributed by atoms with Crippen molar-refractivity contribution in [1.29, 1.82) is 0 Å². The highest BCUT2D eigenvalue weighted by molar-refractivity contribution is 9.10. The van der Waals surface area contributed by atoms with Crippen LogP contribution >= 0.6 is 15.9 Å². The maximum Gasteiger partial charge on any atom is 0.146 e. The van der Waals surface area contributed by atoms with Gasteiger partial charge in [0.15, 0.2) is 0 Å². The number of imidazole rings is 1. The molecule has 0 radical (unpaired) electrons. The fraction of sp³-hybridized carbons (Fsp3) is 0. The summed E-state index contributed by atoms with van der Waals surface area (Å²) in [6.45, 7) is 0. The maximum absolute atomic E-state index is 4.87. The van der Waals surface area contributed by atoms with Crippen LogP contribution in [0.2, 0.25) is 0 Å². The number of fused-ring (bicyclic) bond motifs is 8. The van der Waals surface area contributed by atoms with Crippen LogP contribution in [0.15, 0.2) is 71.2 Å². The Bertz CT molecular complexity index is 1190. The molecule has 0 aliphatic rings. The van der Waals surface area contributed by atoms with Gasteiger partial charge in [0.05, 0.1) is 16.6 Å². The van der Waals surface area contributed by atoms with Crippen molar-refractivity contribution in [3.8, 4) is 0 Å². The molecule has 0 N–H and O–H groups in total. The summed E-state index contributed by atoms with van der Waals surface area (Å²) in [7, 11) is 0. The molecule has 0 saturated carbocycles. The molecule has 0 fully saturated rings. The molecule has 0 atom stereocenters. The van der Waals surface area contributed by atoms with E-state index in [4.69, 9.17) is 4.98 Å². The predicted molar refractivity (Wildman–Crippen MR) is 95.4 cm³/mol. The molecule has 2 aromatic heterocycles. The Hall–Kier alpha value is -2.39. The number of nitrogens with zero attached hydrogens (tertiary/aromatic N) is 2. The Morgan fingerprint density at radius 1 is 0.727 bits per heavy atom. The zero-order valence-corrected chi connectivity index (χ0v) is 13.2. The molecule has 0 saturated heterocycles. The molecular weight excluding hydrogens is 336 g/mol. The van der Waals surface area contributed by atoms with Gasteiger partial charge in [0, 0.05) is 15.2 Å². The van der Waals surface area contributed by atoms with Gasteiger partial charge in [-0.2, -0.15) is 0 Å². The molecule has 22 heavy (non-hydrogen) atoms. The first-order valence-corrected chi connectivity index (χ1v) is 7.99. The van der Waals surface area contributed by atoms with E-state index in [-0.39, 0.29) is 0 Å². The monoisotopic (exact) mass is 346 g/mol. The van der Waals surface area contributed by atoms with E-state index in [0.717, 1.165) is 21.2 Å². The molecule has 104 valence electrons. The van der Waals surface area contributed by atoms with Gasteiger partial charge in [-0.3, -0.25) is 4.40 Å². The maximum atomic E-state index is 4.87. The molecule has 0 aliphatic heterocycles. The minimum atomic E-state index is 1.02. The quantitative estimate of drug-likeness (QED) is 0.335. The molecule has 0 spiro atoms. The number of para-hydroxylation sites is 2. The Morgan fingerprint density at radius 3 is 2.41 bits per heavy atom. The van der Waals surface area contributed by atoms with Crippen LogP contribution in [0.1, 0.15) is 0 Å². The van der Waals surface area contributed by atoms with Gasteiger partial charge >= 0.3 is 0 Å². The lowest BCUT2D eigenvalue weighted by atomic mass is 10.1. The lowest BCUT2D eigenvalue weighted by Gasteiger charge is -2.09. The van der Waals surface area contributed by atoms with Crippen molar-refractivity contribution in [3.05, 3.63) is 71.2 Å². The largest absolute Gasteiger partial charge is 0.292 e. The second-order valence-corrected chi connectivity index (χ2v) is 6.38. The van der Waals surface area contributed by atoms with E-state index in [0.29, 0.717) is 0 Å². The zero-order chi connectivity index (χ0) is 14.7. The Morgan fingerprint density at radius 2 is 1.50 bits per heavy atom. The molecule has 3 aromatic carbocycles. The number of benzene rings is 3. The van der Waals surface area contributed by atoms with E-state index in [1.54, 1.807) is 0 Å². The highest BCUT2D eigenvalue weighted by atomic mass is 79.9. The summed E-state index contributed by atoms with van der Waals surface area (Å²) in [4.78, 5) is 4.87. The molecule has 5 aromatic rings. The van der Waals surface area contributed by atoms with Gasteiger partial charge in [0.1, 0.15) is 5.65 Å². The van der Waals surface area contributed by atoms with Crippen LogP contribution in [0, 0.1) is 0 Å². The van der Waals surface area contributed by atoms with E-state index >= 15 is 0 Å². The van der Waals surface area contributed by atoms with Crippen molar-refractivity contribution < 1.29 is 0 Å². The zero-order valence-electron chi connectivity index (χ0n) is 11.6. The Labute approximate surface area is 135 Å². The lowest BCUT2D eigenvalue weighted by molar-refractivity contribution is 1.31. The third-order valence-electron chi connectivity index (χ3n) is 4.22. The third-order valence-corrected chi connectivity index (χ3v) is 4.71. The van der Waals surface area contributed by atoms with Crippen LogP contribution in [-0.4, -0.2) is 9.38 Å². The van der Waals surface area contributed by atoms with Gasteiger partial charge in [-0.15, -0.1) is 0 Å². The van der Waals surface area contributed by atoms with Gasteiger partial charge < -0.3 is 0 Å². The van der Waals surface area contributed by atoms with Gasteiger partial charge in [-0.05, 0) is 29.7 Å². The fourth-order valence-corrected chi connectivity index (χ4v) is 3.63. The van der Waals surface area contributed by atoms with E-state index in [1.807, 2.05) is 6.07 Å². The topological polar surface area (TPSA) is 17.3 Å². The average Bonchev–Trinajstić information content (AvgIpc) is 2.95. The highest BCUT2D eigenvalue weighted by Crippen LogP contribution is 2.33. The summed E-state index contributed by atoms with van der Waals surface area (Å²) >= 11 is 3.60. The average molecular weight is 347 g/mol.